The first kappa shape index (κ1) is 25.6. The smallest absolute Gasteiger partial charge is 0.223 e. The fourth-order valence-corrected chi connectivity index (χ4v) is 5.71. The van der Waals surface area contributed by atoms with Crippen molar-refractivity contribution in [2.45, 2.75) is 25.0 Å². The molecule has 0 bridgehead atoms. The molecular formula is C23H28Cl2N2O5S. The van der Waals surface area contributed by atoms with Crippen LogP contribution in [-0.4, -0.2) is 52.5 Å². The lowest BCUT2D eigenvalue weighted by molar-refractivity contribution is -0.126. The summed E-state index contributed by atoms with van der Waals surface area (Å²) in [5.74, 6) is 0.914. The van der Waals surface area contributed by atoms with E-state index >= 15 is 0 Å². The highest BCUT2D eigenvalue weighted by atomic mass is 35.5. The van der Waals surface area contributed by atoms with Crippen molar-refractivity contribution in [3.63, 3.8) is 0 Å². The van der Waals surface area contributed by atoms with Crippen LogP contribution in [0.3, 0.4) is 0 Å². The van der Waals surface area contributed by atoms with Gasteiger partial charge < -0.3 is 14.8 Å². The average Bonchev–Trinajstić information content (AvgIpc) is 2.81. The van der Waals surface area contributed by atoms with Gasteiger partial charge in [-0.3, -0.25) is 4.79 Å². The Balaban J connectivity index is 1.47. The SMILES string of the molecule is COc1ccc(CCNC(=O)C2CCN(S(=O)(=O)Cc3ccc(Cl)c(Cl)c3)CC2)cc1OC. The summed E-state index contributed by atoms with van der Waals surface area (Å²) < 4.78 is 37.6. The van der Waals surface area contributed by atoms with Gasteiger partial charge in [0.15, 0.2) is 11.5 Å². The molecule has 1 fully saturated rings. The normalized spacial score (nSPS) is 15.3. The highest BCUT2D eigenvalue weighted by Crippen LogP contribution is 2.28. The first-order valence-electron chi connectivity index (χ1n) is 10.6. The number of ether oxygens (including phenoxy) is 2. The number of carbonyl (C=O) groups is 1. The van der Waals surface area contributed by atoms with E-state index in [1.54, 1.807) is 32.4 Å². The van der Waals surface area contributed by atoms with Crippen LogP contribution in [0.5, 0.6) is 11.5 Å². The van der Waals surface area contributed by atoms with Gasteiger partial charge in [0.2, 0.25) is 15.9 Å². The fourth-order valence-electron chi connectivity index (χ4n) is 3.84. The summed E-state index contributed by atoms with van der Waals surface area (Å²) in [5, 5.41) is 3.68. The molecule has 0 aromatic heterocycles. The van der Waals surface area contributed by atoms with Gasteiger partial charge in [-0.15, -0.1) is 0 Å². The third-order valence-electron chi connectivity index (χ3n) is 5.71. The van der Waals surface area contributed by atoms with Crippen molar-refractivity contribution in [3.05, 3.63) is 57.6 Å². The van der Waals surface area contributed by atoms with E-state index in [0.717, 1.165) is 5.56 Å². The summed E-state index contributed by atoms with van der Waals surface area (Å²) in [5.41, 5.74) is 1.61. The summed E-state index contributed by atoms with van der Waals surface area (Å²) in [6.07, 6.45) is 1.63. The Hall–Kier alpha value is -2.00. The van der Waals surface area contributed by atoms with E-state index in [1.807, 2.05) is 18.2 Å². The van der Waals surface area contributed by atoms with Crippen molar-refractivity contribution in [1.82, 2.24) is 9.62 Å². The first-order chi connectivity index (χ1) is 15.7. The van der Waals surface area contributed by atoms with Gasteiger partial charge in [-0.25, -0.2) is 12.7 Å². The van der Waals surface area contributed by atoms with Gasteiger partial charge in [0.05, 0.1) is 30.0 Å². The number of rotatable bonds is 9. The number of carbonyl (C=O) groups excluding carboxylic acids is 1. The van der Waals surface area contributed by atoms with Gasteiger partial charge in [-0.1, -0.05) is 35.3 Å². The zero-order valence-corrected chi connectivity index (χ0v) is 21.0. The molecule has 1 N–H and O–H groups in total. The van der Waals surface area contributed by atoms with E-state index in [2.05, 4.69) is 5.32 Å². The third-order valence-corrected chi connectivity index (χ3v) is 8.30. The minimum Gasteiger partial charge on any atom is -0.493 e. The Morgan fingerprint density at radius 2 is 1.67 bits per heavy atom. The molecular weight excluding hydrogens is 487 g/mol. The number of halogens is 2. The predicted molar refractivity (Wildman–Crippen MR) is 130 cm³/mol. The Labute approximate surface area is 205 Å². The van der Waals surface area contributed by atoms with Gasteiger partial charge in [0, 0.05) is 25.6 Å². The van der Waals surface area contributed by atoms with Crippen LogP contribution in [0.4, 0.5) is 0 Å². The molecule has 33 heavy (non-hydrogen) atoms. The molecule has 180 valence electrons. The molecule has 1 aliphatic rings. The maximum atomic E-state index is 12.8. The first-order valence-corrected chi connectivity index (χ1v) is 13.0. The van der Waals surface area contributed by atoms with E-state index in [0.29, 0.717) is 66.0 Å². The van der Waals surface area contributed by atoms with Gasteiger partial charge >= 0.3 is 0 Å². The number of piperidine rings is 1. The Kier molecular flexibility index (Phi) is 8.87. The number of sulfonamides is 1. The Bertz CT molecular complexity index is 1090. The zero-order valence-electron chi connectivity index (χ0n) is 18.6. The second-order valence-corrected chi connectivity index (χ2v) is 10.7. The number of benzene rings is 2. The highest BCUT2D eigenvalue weighted by Gasteiger charge is 2.31. The maximum Gasteiger partial charge on any atom is 0.223 e. The Morgan fingerprint density at radius 3 is 2.30 bits per heavy atom. The number of hydrogen-bond donors (Lipinski definition) is 1. The third kappa shape index (κ3) is 6.76. The molecule has 0 aliphatic carbocycles. The average molecular weight is 515 g/mol. The van der Waals surface area contributed by atoms with Crippen molar-refractivity contribution in [2.24, 2.45) is 5.92 Å². The lowest BCUT2D eigenvalue weighted by Gasteiger charge is -2.30. The molecule has 10 heteroatoms. The van der Waals surface area contributed by atoms with Gasteiger partial charge in [0.1, 0.15) is 0 Å². The number of methoxy groups -OCH3 is 2. The van der Waals surface area contributed by atoms with Crippen molar-refractivity contribution in [1.29, 1.82) is 0 Å². The van der Waals surface area contributed by atoms with E-state index in [1.165, 1.54) is 4.31 Å². The minimum absolute atomic E-state index is 0.0444. The van der Waals surface area contributed by atoms with Crippen LogP contribution in [0.25, 0.3) is 0 Å². The van der Waals surface area contributed by atoms with E-state index in [9.17, 15) is 13.2 Å². The van der Waals surface area contributed by atoms with Crippen LogP contribution >= 0.6 is 23.2 Å². The fraction of sp³-hybridized carbons (Fsp3) is 0.435. The van der Waals surface area contributed by atoms with Crippen LogP contribution < -0.4 is 14.8 Å². The van der Waals surface area contributed by atoms with E-state index in [-0.39, 0.29) is 17.6 Å². The molecule has 2 aromatic carbocycles. The monoisotopic (exact) mass is 514 g/mol. The second kappa shape index (κ2) is 11.4. The molecule has 2 aromatic rings. The highest BCUT2D eigenvalue weighted by molar-refractivity contribution is 7.88. The maximum absolute atomic E-state index is 12.8. The molecule has 0 unspecified atom stereocenters. The number of nitrogens with zero attached hydrogens (tertiary/aromatic N) is 1. The van der Waals surface area contributed by atoms with E-state index in [4.69, 9.17) is 32.7 Å². The summed E-state index contributed by atoms with van der Waals surface area (Å²) in [6.45, 7) is 1.12. The molecule has 3 rings (SSSR count). The molecule has 7 nitrogen and oxygen atoms in total. The van der Waals surface area contributed by atoms with Crippen LogP contribution in [0, 0.1) is 5.92 Å². The summed E-state index contributed by atoms with van der Waals surface area (Å²) >= 11 is 11.9. The van der Waals surface area contributed by atoms with Crippen molar-refractivity contribution < 1.29 is 22.7 Å². The number of hydrogen-bond acceptors (Lipinski definition) is 5. The van der Waals surface area contributed by atoms with Crippen molar-refractivity contribution >= 4 is 39.1 Å². The lowest BCUT2D eigenvalue weighted by Crippen LogP contribution is -2.43. The zero-order chi connectivity index (χ0) is 24.0. The molecule has 0 saturated carbocycles. The lowest BCUT2D eigenvalue weighted by atomic mass is 9.97. The standard InChI is InChI=1S/C23H28Cl2N2O5S/c1-31-21-6-4-16(14-22(21)32-2)7-10-26-23(28)18-8-11-27(12-9-18)33(29,30)15-17-3-5-19(24)20(25)13-17/h3-6,13-14,18H,7-12,15H2,1-2H3,(H,26,28). The predicted octanol–water partition coefficient (Wildman–Crippen LogP) is 3.91. The van der Waals surface area contributed by atoms with Crippen molar-refractivity contribution in [2.75, 3.05) is 33.9 Å². The summed E-state index contributed by atoms with van der Waals surface area (Å²) in [4.78, 5) is 12.6. The van der Waals surface area contributed by atoms with Crippen LogP contribution in [0.1, 0.15) is 24.0 Å². The Morgan fingerprint density at radius 1 is 1.00 bits per heavy atom. The quantitative estimate of drug-likeness (QED) is 0.548. The topological polar surface area (TPSA) is 84.9 Å². The molecule has 1 saturated heterocycles. The van der Waals surface area contributed by atoms with Gasteiger partial charge in [-0.05, 0) is 54.7 Å². The minimum atomic E-state index is -3.50. The molecule has 1 amide bonds. The summed E-state index contributed by atoms with van der Waals surface area (Å²) in [6, 6.07) is 10.5. The molecule has 0 atom stereocenters. The van der Waals surface area contributed by atoms with Crippen LogP contribution in [-0.2, 0) is 27.0 Å². The van der Waals surface area contributed by atoms with Gasteiger partial charge in [0.25, 0.3) is 0 Å². The number of nitrogens with one attached hydrogen (secondary N) is 1. The van der Waals surface area contributed by atoms with Crippen molar-refractivity contribution in [3.8, 4) is 11.5 Å². The second-order valence-electron chi connectivity index (χ2n) is 7.91. The molecule has 0 radical (unpaired) electrons. The van der Waals surface area contributed by atoms with Crippen LogP contribution in [0.15, 0.2) is 36.4 Å². The molecule has 1 heterocycles. The summed E-state index contributed by atoms with van der Waals surface area (Å²) in [7, 11) is -0.334. The molecule has 0 spiro atoms. The van der Waals surface area contributed by atoms with Gasteiger partial charge in [-0.2, -0.15) is 0 Å². The van der Waals surface area contributed by atoms with E-state index < -0.39 is 10.0 Å². The number of amides is 1. The largest absolute Gasteiger partial charge is 0.493 e. The van der Waals surface area contributed by atoms with Crippen LogP contribution in [0.2, 0.25) is 10.0 Å². The molecule has 1 aliphatic heterocycles.